The number of anilines is 1. The van der Waals surface area contributed by atoms with E-state index in [0.717, 1.165) is 32.7 Å². The summed E-state index contributed by atoms with van der Waals surface area (Å²) in [4.78, 5) is 71.5. The zero-order chi connectivity index (χ0) is 55.1. The van der Waals surface area contributed by atoms with Crippen LogP contribution >= 0.6 is 22.9 Å². The molecular formula is C64H54ClN5O8S2. The number of alkyl halides is 1. The number of hydrogen-bond donors (Lipinski definition) is 2. The number of aromatic nitrogens is 1. The van der Waals surface area contributed by atoms with Gasteiger partial charge in [0, 0.05) is 24.1 Å². The van der Waals surface area contributed by atoms with Gasteiger partial charge in [-0.3, -0.25) is 18.7 Å². The lowest BCUT2D eigenvalue weighted by Gasteiger charge is -2.49. The molecule has 13 nitrogen and oxygen atoms in total. The third-order valence-electron chi connectivity index (χ3n) is 14.7. The number of halogens is 1. The van der Waals surface area contributed by atoms with Crippen LogP contribution in [0.15, 0.2) is 234 Å². The highest BCUT2D eigenvalue weighted by molar-refractivity contribution is 7.86. The molecule has 1 aromatic heterocycles. The van der Waals surface area contributed by atoms with Crippen molar-refractivity contribution in [2.45, 2.75) is 60.4 Å². The van der Waals surface area contributed by atoms with E-state index in [2.05, 4.69) is 15.8 Å². The SMILES string of the molecule is O=C(OC(c1ccccc1)c1ccccc1)C1=C(CCl)CS(=O)[C@@H]2C(NC(=O)/C(=N/OC3(C(=O)OC(c4ccccc4)c4ccccc4)CCCC3)c3csc(NC(c4ccccc4)(c4ccccc4)c4ccccc4)n3)C(=O)N12. The van der Waals surface area contributed by atoms with E-state index < -0.39 is 69.3 Å². The summed E-state index contributed by atoms with van der Waals surface area (Å²) in [6.07, 6.45) is 0.0463. The van der Waals surface area contributed by atoms with Crippen molar-refractivity contribution in [1.29, 1.82) is 0 Å². The number of rotatable bonds is 19. The van der Waals surface area contributed by atoms with Crippen LogP contribution in [0.5, 0.6) is 0 Å². The second-order valence-electron chi connectivity index (χ2n) is 19.6. The van der Waals surface area contributed by atoms with Crippen LogP contribution in [-0.2, 0) is 49.8 Å². The molecule has 11 rings (SSSR count). The average molecular weight is 1120 g/mol. The van der Waals surface area contributed by atoms with E-state index in [4.69, 9.17) is 30.9 Å². The Morgan fingerprint density at radius 2 is 1.11 bits per heavy atom. The van der Waals surface area contributed by atoms with Crippen LogP contribution in [0.25, 0.3) is 0 Å². The van der Waals surface area contributed by atoms with E-state index in [-0.39, 0.29) is 47.2 Å². The largest absolute Gasteiger partial charge is 0.450 e. The zero-order valence-corrected chi connectivity index (χ0v) is 45.5. The number of ether oxygens (including phenoxy) is 2. The van der Waals surface area contributed by atoms with Crippen LogP contribution in [0.4, 0.5) is 5.13 Å². The Bertz CT molecular complexity index is 3400. The summed E-state index contributed by atoms with van der Waals surface area (Å²) in [6, 6.07) is 65.6. The monoisotopic (exact) mass is 1120 g/mol. The van der Waals surface area contributed by atoms with Gasteiger partial charge in [-0.2, -0.15) is 0 Å². The first-order chi connectivity index (χ1) is 39.2. The number of benzene rings is 7. The highest BCUT2D eigenvalue weighted by Crippen LogP contribution is 2.43. The molecule has 2 aliphatic heterocycles. The Morgan fingerprint density at radius 1 is 0.675 bits per heavy atom. The van der Waals surface area contributed by atoms with E-state index in [0.29, 0.717) is 29.1 Å². The Labute approximate surface area is 474 Å². The number of fused-ring (bicyclic) bond motifs is 1. The number of nitrogens with zero attached hydrogens (tertiary/aromatic N) is 3. The summed E-state index contributed by atoms with van der Waals surface area (Å²) in [7, 11) is -1.84. The molecule has 0 radical (unpaired) electrons. The fourth-order valence-electron chi connectivity index (χ4n) is 10.7. The van der Waals surface area contributed by atoms with Crippen LogP contribution in [0.3, 0.4) is 0 Å². The molecule has 16 heteroatoms. The molecule has 402 valence electrons. The number of thiazole rings is 1. The smallest absolute Gasteiger partial charge is 0.356 e. The second-order valence-corrected chi connectivity index (χ2v) is 22.3. The molecule has 2 N–H and O–H groups in total. The number of β-lactam (4-membered cyclic amide) rings is 1. The minimum atomic E-state index is -1.84. The maximum absolute atomic E-state index is 15.2. The molecule has 8 aromatic rings. The van der Waals surface area contributed by atoms with Crippen molar-refractivity contribution in [3.63, 3.8) is 0 Å². The van der Waals surface area contributed by atoms with Gasteiger partial charge in [0.05, 0.1) is 16.6 Å². The van der Waals surface area contributed by atoms with E-state index in [1.807, 2.05) is 212 Å². The number of amides is 2. The van der Waals surface area contributed by atoms with Crippen LogP contribution in [-0.4, -0.2) is 72.2 Å². The third-order valence-corrected chi connectivity index (χ3v) is 17.4. The van der Waals surface area contributed by atoms with Crippen molar-refractivity contribution < 1.29 is 37.7 Å². The van der Waals surface area contributed by atoms with Crippen LogP contribution in [0.2, 0.25) is 0 Å². The van der Waals surface area contributed by atoms with Crippen molar-refractivity contribution in [1.82, 2.24) is 15.2 Å². The van der Waals surface area contributed by atoms with Gasteiger partial charge in [0.1, 0.15) is 28.3 Å². The highest BCUT2D eigenvalue weighted by Gasteiger charge is 2.58. The van der Waals surface area contributed by atoms with E-state index in [1.165, 1.54) is 11.3 Å². The number of hydrogen-bond acceptors (Lipinski definition) is 12. The van der Waals surface area contributed by atoms with Gasteiger partial charge in [-0.05, 0) is 57.4 Å². The second kappa shape index (κ2) is 23.8. The zero-order valence-electron chi connectivity index (χ0n) is 43.1. The molecule has 3 aliphatic rings. The highest BCUT2D eigenvalue weighted by atomic mass is 35.5. The third kappa shape index (κ3) is 10.7. The molecule has 1 saturated heterocycles. The van der Waals surface area contributed by atoms with Gasteiger partial charge in [0.15, 0.2) is 23.1 Å². The fourth-order valence-corrected chi connectivity index (χ4v) is 13.5. The number of esters is 2. The summed E-state index contributed by atoms with van der Waals surface area (Å²) in [5.41, 5.74) is 2.83. The lowest BCUT2D eigenvalue weighted by molar-refractivity contribution is -0.176. The predicted octanol–water partition coefficient (Wildman–Crippen LogP) is 11.2. The molecule has 0 spiro atoms. The van der Waals surface area contributed by atoms with Crippen molar-refractivity contribution in [3.05, 3.63) is 274 Å². The molecular weight excluding hydrogens is 1070 g/mol. The van der Waals surface area contributed by atoms with E-state index in [9.17, 15) is 18.6 Å². The first kappa shape index (κ1) is 53.5. The molecule has 1 saturated carbocycles. The van der Waals surface area contributed by atoms with Crippen LogP contribution < -0.4 is 10.6 Å². The Hall–Kier alpha value is -8.50. The lowest BCUT2D eigenvalue weighted by atomic mass is 9.77. The summed E-state index contributed by atoms with van der Waals surface area (Å²) >= 11 is 7.66. The standard InChI is InChI=1S/C64H54ClN5O8S2/c65-40-47-42-80(75)59-53(58(72)70(59)54(47)60(73)76-55(43-24-8-1-9-25-43)44-26-10-2-11-27-44)67-57(71)52(69-78-63(38-22-23-39-63)61(74)77-56(45-28-12-3-13-29-45)46-30-14-4-15-31-46)51-41-79-62(66-51)68-64(48-32-16-5-17-33-48,49-34-18-6-19-35-49)50-36-20-7-21-37-50/h1-21,24-37,41,53,55-56,59H,22-23,38-40,42H2,(H,66,68)(H,67,71)/b69-52+/t53?,59-,80?/m1/s1. The summed E-state index contributed by atoms with van der Waals surface area (Å²) in [5.74, 6) is -3.50. The Kier molecular flexibility index (Phi) is 15.9. The molecule has 1 aliphatic carbocycles. The number of oxime groups is 1. The minimum absolute atomic E-state index is 0.0564. The summed E-state index contributed by atoms with van der Waals surface area (Å²) in [5, 5.41) is 11.9. The van der Waals surface area contributed by atoms with Gasteiger partial charge in [-0.15, -0.1) is 22.9 Å². The van der Waals surface area contributed by atoms with Gasteiger partial charge >= 0.3 is 11.9 Å². The first-order valence-corrected chi connectivity index (χ1v) is 29.0. The maximum atomic E-state index is 15.2. The summed E-state index contributed by atoms with van der Waals surface area (Å²) in [6.45, 7) is 0. The number of carbonyl (C=O) groups is 4. The van der Waals surface area contributed by atoms with Gasteiger partial charge in [-0.1, -0.05) is 217 Å². The fraction of sp³-hybridized carbons (Fsp3) is 0.188. The normalized spacial score (nSPS) is 17.8. The quantitative estimate of drug-likeness (QED) is 0.0199. The molecule has 3 atom stereocenters. The lowest BCUT2D eigenvalue weighted by Crippen LogP contribution is -2.74. The van der Waals surface area contributed by atoms with Gasteiger partial charge in [-0.25, -0.2) is 14.6 Å². The van der Waals surface area contributed by atoms with Crippen LogP contribution in [0, 0.1) is 0 Å². The topological polar surface area (TPSA) is 166 Å². The van der Waals surface area contributed by atoms with E-state index >= 15 is 4.79 Å². The van der Waals surface area contributed by atoms with Gasteiger partial charge in [0.2, 0.25) is 5.60 Å². The number of nitrogens with one attached hydrogen (secondary N) is 2. The molecule has 2 amide bonds. The summed E-state index contributed by atoms with van der Waals surface area (Å²) < 4.78 is 26.9. The van der Waals surface area contributed by atoms with Crippen molar-refractivity contribution >= 4 is 68.3 Å². The molecule has 0 bridgehead atoms. The molecule has 7 aromatic carbocycles. The van der Waals surface area contributed by atoms with Crippen molar-refractivity contribution in [3.8, 4) is 0 Å². The maximum Gasteiger partial charge on any atom is 0.356 e. The van der Waals surface area contributed by atoms with Crippen molar-refractivity contribution in [2.24, 2.45) is 5.16 Å². The van der Waals surface area contributed by atoms with E-state index in [1.54, 1.807) is 5.38 Å². The van der Waals surface area contributed by atoms with Crippen molar-refractivity contribution in [2.75, 3.05) is 16.9 Å². The molecule has 2 fully saturated rings. The Balaban J connectivity index is 0.940. The molecule has 3 heterocycles. The molecule has 2 unspecified atom stereocenters. The average Bonchev–Trinajstić information content (AvgIpc) is 4.33. The van der Waals surface area contributed by atoms with Gasteiger partial charge < -0.3 is 24.9 Å². The Morgan fingerprint density at radius 3 is 1.56 bits per heavy atom. The first-order valence-electron chi connectivity index (χ1n) is 26.3. The van der Waals surface area contributed by atoms with Crippen LogP contribution in [0.1, 0.15) is 82.5 Å². The minimum Gasteiger partial charge on any atom is -0.450 e. The molecule has 80 heavy (non-hydrogen) atoms. The van der Waals surface area contributed by atoms with Gasteiger partial charge in [0.25, 0.3) is 11.8 Å². The predicted molar refractivity (Wildman–Crippen MR) is 309 cm³/mol. The number of carbonyl (C=O) groups excluding carboxylic acids is 4.